The van der Waals surface area contributed by atoms with Crippen LogP contribution in [-0.4, -0.2) is 28.6 Å². The van der Waals surface area contributed by atoms with E-state index in [2.05, 4.69) is 28.5 Å². The van der Waals surface area contributed by atoms with E-state index in [0.717, 1.165) is 37.0 Å². The zero-order chi connectivity index (χ0) is 10.7. The van der Waals surface area contributed by atoms with Gasteiger partial charge in [-0.05, 0) is 26.7 Å². The van der Waals surface area contributed by atoms with Crippen LogP contribution in [0.2, 0.25) is 0 Å². The maximum Gasteiger partial charge on any atom is 0.202 e. The van der Waals surface area contributed by atoms with Crippen molar-refractivity contribution >= 4 is 16.7 Å². The highest BCUT2D eigenvalue weighted by Gasteiger charge is 2.20. The van der Waals surface area contributed by atoms with Crippen molar-refractivity contribution in [3.63, 3.8) is 0 Å². The number of rotatable bonds is 3. The molecule has 0 aromatic carbocycles. The van der Waals surface area contributed by atoms with E-state index in [4.69, 9.17) is 4.74 Å². The van der Waals surface area contributed by atoms with Gasteiger partial charge in [-0.1, -0.05) is 0 Å². The van der Waals surface area contributed by atoms with Gasteiger partial charge in [-0.25, -0.2) is 4.98 Å². The molecule has 0 aliphatic carbocycles. The molecule has 2 heterocycles. The Bertz CT molecular complexity index is 307. The molecule has 1 aromatic rings. The van der Waals surface area contributed by atoms with Crippen LogP contribution in [0.1, 0.15) is 38.4 Å². The Morgan fingerprint density at radius 2 is 2.40 bits per heavy atom. The van der Waals surface area contributed by atoms with E-state index in [-0.39, 0.29) is 0 Å². The third-order valence-corrected chi connectivity index (χ3v) is 3.04. The zero-order valence-corrected chi connectivity index (χ0v) is 10.0. The van der Waals surface area contributed by atoms with Crippen LogP contribution in [0.4, 0.5) is 5.13 Å². The lowest BCUT2D eigenvalue weighted by molar-refractivity contribution is 0.0784. The molecule has 1 aromatic heterocycles. The van der Waals surface area contributed by atoms with Crippen molar-refractivity contribution in [1.29, 1.82) is 0 Å². The van der Waals surface area contributed by atoms with Gasteiger partial charge in [-0.3, -0.25) is 0 Å². The lowest BCUT2D eigenvalue weighted by Crippen LogP contribution is -2.16. The maximum absolute atomic E-state index is 5.43. The van der Waals surface area contributed by atoms with Gasteiger partial charge in [0.2, 0.25) is 5.13 Å². The summed E-state index contributed by atoms with van der Waals surface area (Å²) in [6, 6.07) is 0.411. The predicted octanol–water partition coefficient (Wildman–Crippen LogP) is 2.25. The first-order chi connectivity index (χ1) is 7.25. The molecule has 0 saturated carbocycles. The summed E-state index contributed by atoms with van der Waals surface area (Å²) in [7, 11) is 0. The van der Waals surface area contributed by atoms with Crippen LogP contribution in [0.15, 0.2) is 0 Å². The molecule has 84 valence electrons. The van der Waals surface area contributed by atoms with E-state index in [1.54, 1.807) is 0 Å². The number of nitrogens with one attached hydrogen (secondary N) is 1. The third-order valence-electron chi connectivity index (χ3n) is 2.38. The number of aromatic nitrogens is 2. The molecule has 1 N–H and O–H groups in total. The molecule has 0 bridgehead atoms. The van der Waals surface area contributed by atoms with Crippen LogP contribution in [0.5, 0.6) is 0 Å². The van der Waals surface area contributed by atoms with Crippen LogP contribution >= 0.6 is 11.5 Å². The molecule has 0 spiro atoms. The Labute approximate surface area is 94.2 Å². The average molecular weight is 227 g/mol. The highest BCUT2D eigenvalue weighted by Crippen LogP contribution is 2.25. The van der Waals surface area contributed by atoms with E-state index < -0.39 is 0 Å². The Hall–Kier alpha value is -0.680. The van der Waals surface area contributed by atoms with Gasteiger partial charge >= 0.3 is 0 Å². The van der Waals surface area contributed by atoms with Gasteiger partial charge in [0, 0.05) is 30.1 Å². The summed E-state index contributed by atoms with van der Waals surface area (Å²) in [5.74, 6) is 1.35. The number of anilines is 1. The molecule has 1 fully saturated rings. The van der Waals surface area contributed by atoms with Crippen molar-refractivity contribution in [2.45, 2.75) is 38.6 Å². The molecule has 2 rings (SSSR count). The average Bonchev–Trinajstić information content (AvgIpc) is 2.67. The highest BCUT2D eigenvalue weighted by atomic mass is 32.1. The second kappa shape index (κ2) is 4.90. The molecule has 15 heavy (non-hydrogen) atoms. The number of hydrogen-bond acceptors (Lipinski definition) is 5. The fourth-order valence-electron chi connectivity index (χ4n) is 1.65. The minimum atomic E-state index is 0.401. The molecule has 1 aliphatic rings. The minimum absolute atomic E-state index is 0.401. The van der Waals surface area contributed by atoms with Gasteiger partial charge in [-0.15, -0.1) is 0 Å². The van der Waals surface area contributed by atoms with Crippen molar-refractivity contribution in [2.75, 3.05) is 18.5 Å². The second-order valence-electron chi connectivity index (χ2n) is 4.17. The van der Waals surface area contributed by atoms with Crippen LogP contribution in [0.3, 0.4) is 0 Å². The van der Waals surface area contributed by atoms with E-state index in [1.165, 1.54) is 11.5 Å². The number of ether oxygens (including phenoxy) is 1. The minimum Gasteiger partial charge on any atom is -0.381 e. The van der Waals surface area contributed by atoms with Crippen molar-refractivity contribution < 1.29 is 4.74 Å². The largest absolute Gasteiger partial charge is 0.381 e. The normalized spacial score (nSPS) is 21.9. The summed E-state index contributed by atoms with van der Waals surface area (Å²) in [6.45, 7) is 5.87. The summed E-state index contributed by atoms with van der Waals surface area (Å²) in [5, 5.41) is 4.19. The van der Waals surface area contributed by atoms with E-state index >= 15 is 0 Å². The number of nitrogens with zero attached hydrogens (tertiary/aromatic N) is 2. The van der Waals surface area contributed by atoms with Gasteiger partial charge in [0.15, 0.2) is 0 Å². The second-order valence-corrected chi connectivity index (χ2v) is 4.92. The van der Waals surface area contributed by atoms with Crippen molar-refractivity contribution in [2.24, 2.45) is 0 Å². The monoisotopic (exact) mass is 227 g/mol. The lowest BCUT2D eigenvalue weighted by atomic mass is 10.0. The standard InChI is InChI=1S/C10H17N3OS/c1-7(2)11-10-12-9(13-15-10)8-4-3-5-14-6-8/h7-8H,3-6H2,1-2H3,(H,11,12,13). The Kier molecular flexibility index (Phi) is 3.53. The van der Waals surface area contributed by atoms with Gasteiger partial charge < -0.3 is 10.1 Å². The molecular weight excluding hydrogens is 210 g/mol. The van der Waals surface area contributed by atoms with Crippen LogP contribution < -0.4 is 5.32 Å². The molecule has 1 aliphatic heterocycles. The molecule has 4 nitrogen and oxygen atoms in total. The zero-order valence-electron chi connectivity index (χ0n) is 9.19. The first-order valence-corrected chi connectivity index (χ1v) is 6.21. The quantitative estimate of drug-likeness (QED) is 0.860. The van der Waals surface area contributed by atoms with Crippen molar-refractivity contribution in [3.05, 3.63) is 5.82 Å². The predicted molar refractivity (Wildman–Crippen MR) is 61.5 cm³/mol. The summed E-state index contributed by atoms with van der Waals surface area (Å²) >= 11 is 1.44. The number of hydrogen-bond donors (Lipinski definition) is 1. The highest BCUT2D eigenvalue weighted by molar-refractivity contribution is 7.09. The summed E-state index contributed by atoms with van der Waals surface area (Å²) in [6.07, 6.45) is 2.27. The smallest absolute Gasteiger partial charge is 0.202 e. The Balaban J connectivity index is 1.99. The Morgan fingerprint density at radius 1 is 1.53 bits per heavy atom. The summed E-state index contributed by atoms with van der Waals surface area (Å²) in [5.41, 5.74) is 0. The SMILES string of the molecule is CC(C)Nc1nc(C2CCCOC2)ns1. The lowest BCUT2D eigenvalue weighted by Gasteiger charge is -2.18. The molecule has 0 radical (unpaired) electrons. The molecule has 1 unspecified atom stereocenters. The maximum atomic E-state index is 5.43. The third kappa shape index (κ3) is 2.89. The van der Waals surface area contributed by atoms with Crippen LogP contribution in [0, 0.1) is 0 Å². The molecule has 1 saturated heterocycles. The van der Waals surface area contributed by atoms with Crippen molar-refractivity contribution in [3.8, 4) is 0 Å². The van der Waals surface area contributed by atoms with Gasteiger partial charge in [0.25, 0.3) is 0 Å². The summed E-state index contributed by atoms with van der Waals surface area (Å²) in [4.78, 5) is 4.49. The van der Waals surface area contributed by atoms with E-state index in [0.29, 0.717) is 12.0 Å². The van der Waals surface area contributed by atoms with Crippen LogP contribution in [-0.2, 0) is 4.74 Å². The molecule has 0 amide bonds. The molecular formula is C10H17N3OS. The first kappa shape index (κ1) is 10.8. The summed E-state index contributed by atoms with van der Waals surface area (Å²) < 4.78 is 9.81. The molecule has 1 atom stereocenters. The molecule has 5 heteroatoms. The van der Waals surface area contributed by atoms with Gasteiger partial charge in [0.1, 0.15) is 5.82 Å². The topological polar surface area (TPSA) is 47.0 Å². The fourth-order valence-corrected chi connectivity index (χ4v) is 2.44. The van der Waals surface area contributed by atoms with Gasteiger partial charge in [-0.2, -0.15) is 4.37 Å². The fraction of sp³-hybridized carbons (Fsp3) is 0.800. The van der Waals surface area contributed by atoms with Crippen LogP contribution in [0.25, 0.3) is 0 Å². The Morgan fingerprint density at radius 3 is 3.07 bits per heavy atom. The van der Waals surface area contributed by atoms with E-state index in [9.17, 15) is 0 Å². The first-order valence-electron chi connectivity index (χ1n) is 5.43. The van der Waals surface area contributed by atoms with E-state index in [1.807, 2.05) is 0 Å². The van der Waals surface area contributed by atoms with Crippen molar-refractivity contribution in [1.82, 2.24) is 9.36 Å². The van der Waals surface area contributed by atoms with Gasteiger partial charge in [0.05, 0.1) is 6.61 Å².